The van der Waals surface area contributed by atoms with E-state index in [0.717, 1.165) is 34.7 Å². The molecule has 0 saturated heterocycles. The topological polar surface area (TPSA) is 27.1 Å². The molecule has 1 heterocycles. The van der Waals surface area contributed by atoms with E-state index < -0.39 is 0 Å². The number of hydrogen-bond acceptors (Lipinski definition) is 2. The molecule has 21 heavy (non-hydrogen) atoms. The highest BCUT2D eigenvalue weighted by Crippen LogP contribution is 2.26. The highest BCUT2D eigenvalue weighted by atomic mass is 35.5. The molecule has 3 rings (SSSR count). The molecule has 0 aliphatic carbocycles. The van der Waals surface area contributed by atoms with Gasteiger partial charge in [0.05, 0.1) is 24.0 Å². The predicted octanol–water partition coefficient (Wildman–Crippen LogP) is 4.34. The van der Waals surface area contributed by atoms with Gasteiger partial charge in [-0.15, -0.1) is 11.6 Å². The summed E-state index contributed by atoms with van der Waals surface area (Å²) in [5.41, 5.74) is 4.33. The van der Waals surface area contributed by atoms with E-state index in [-0.39, 0.29) is 0 Å². The zero-order valence-corrected chi connectivity index (χ0v) is 12.9. The second-order valence-electron chi connectivity index (χ2n) is 4.87. The van der Waals surface area contributed by atoms with Gasteiger partial charge in [0.15, 0.2) is 0 Å². The summed E-state index contributed by atoms with van der Waals surface area (Å²) >= 11 is 6.07. The lowest BCUT2D eigenvalue weighted by atomic mass is 10.1. The van der Waals surface area contributed by atoms with Crippen LogP contribution in [0.25, 0.3) is 16.7 Å². The van der Waals surface area contributed by atoms with E-state index >= 15 is 0 Å². The maximum absolute atomic E-state index is 6.07. The van der Waals surface area contributed by atoms with Crippen LogP contribution in [0.4, 0.5) is 0 Å². The number of alkyl halides is 1. The Kier molecular flexibility index (Phi) is 3.84. The molecule has 0 radical (unpaired) electrons. The Hall–Kier alpha value is -2.00. The van der Waals surface area contributed by atoms with Crippen LogP contribution in [0.1, 0.15) is 18.3 Å². The summed E-state index contributed by atoms with van der Waals surface area (Å²) in [7, 11) is 1.66. The standard InChI is InChI=1S/C17H17ClN2O/c1-3-12-4-6-13(7-5-12)20-16-9-8-14(21-2)10-15(16)19-17(20)11-18/h4-10H,3,11H2,1-2H3. The molecular weight excluding hydrogens is 284 g/mol. The van der Waals surface area contributed by atoms with E-state index in [1.807, 2.05) is 18.2 Å². The number of rotatable bonds is 4. The molecule has 0 bridgehead atoms. The third-order valence-electron chi connectivity index (χ3n) is 3.65. The zero-order chi connectivity index (χ0) is 14.8. The first-order chi connectivity index (χ1) is 10.3. The van der Waals surface area contributed by atoms with Crippen molar-refractivity contribution in [2.24, 2.45) is 0 Å². The molecule has 0 saturated carbocycles. The minimum atomic E-state index is 0.368. The summed E-state index contributed by atoms with van der Waals surface area (Å²) in [4.78, 5) is 4.61. The Labute approximate surface area is 129 Å². The van der Waals surface area contributed by atoms with Crippen LogP contribution in [-0.2, 0) is 12.3 Å². The van der Waals surface area contributed by atoms with Crippen molar-refractivity contribution in [3.8, 4) is 11.4 Å². The second-order valence-corrected chi connectivity index (χ2v) is 5.14. The van der Waals surface area contributed by atoms with E-state index in [9.17, 15) is 0 Å². The summed E-state index contributed by atoms with van der Waals surface area (Å²) in [6.07, 6.45) is 1.03. The largest absolute Gasteiger partial charge is 0.497 e. The van der Waals surface area contributed by atoms with Crippen LogP contribution in [0.3, 0.4) is 0 Å². The molecule has 0 unspecified atom stereocenters. The summed E-state index contributed by atoms with van der Waals surface area (Å²) in [6.45, 7) is 2.15. The van der Waals surface area contributed by atoms with Gasteiger partial charge in [-0.3, -0.25) is 4.57 Å². The van der Waals surface area contributed by atoms with E-state index in [2.05, 4.69) is 40.7 Å². The summed E-state index contributed by atoms with van der Waals surface area (Å²) < 4.78 is 7.36. The Morgan fingerprint density at radius 3 is 2.52 bits per heavy atom. The van der Waals surface area contributed by atoms with Crippen molar-refractivity contribution < 1.29 is 4.74 Å². The number of hydrogen-bond donors (Lipinski definition) is 0. The predicted molar refractivity (Wildman–Crippen MR) is 86.6 cm³/mol. The van der Waals surface area contributed by atoms with Gasteiger partial charge in [0.25, 0.3) is 0 Å². The quantitative estimate of drug-likeness (QED) is 0.670. The second kappa shape index (κ2) is 5.78. The number of ether oxygens (including phenoxy) is 1. The number of nitrogens with zero attached hydrogens (tertiary/aromatic N) is 2. The van der Waals surface area contributed by atoms with Gasteiger partial charge in [0.1, 0.15) is 11.6 Å². The Morgan fingerprint density at radius 2 is 1.90 bits per heavy atom. The average Bonchev–Trinajstić information content (AvgIpc) is 2.92. The molecule has 0 N–H and O–H groups in total. The van der Waals surface area contributed by atoms with Gasteiger partial charge in [0, 0.05) is 11.8 Å². The van der Waals surface area contributed by atoms with Crippen LogP contribution < -0.4 is 4.74 Å². The molecule has 0 spiro atoms. The van der Waals surface area contributed by atoms with Crippen molar-refractivity contribution in [3.05, 3.63) is 53.9 Å². The number of halogens is 1. The fourth-order valence-electron chi connectivity index (χ4n) is 2.50. The molecule has 0 fully saturated rings. The Morgan fingerprint density at radius 1 is 1.14 bits per heavy atom. The lowest BCUT2D eigenvalue weighted by Crippen LogP contribution is -1.99. The highest BCUT2D eigenvalue weighted by molar-refractivity contribution is 6.17. The van der Waals surface area contributed by atoms with Crippen molar-refractivity contribution >= 4 is 22.6 Å². The molecule has 108 valence electrons. The molecular formula is C17H17ClN2O. The number of aromatic nitrogens is 2. The lowest BCUT2D eigenvalue weighted by molar-refractivity contribution is 0.415. The van der Waals surface area contributed by atoms with Crippen molar-refractivity contribution in [1.29, 1.82) is 0 Å². The SMILES string of the molecule is CCc1ccc(-n2c(CCl)nc3cc(OC)ccc32)cc1. The molecule has 1 aromatic heterocycles. The number of benzene rings is 2. The van der Waals surface area contributed by atoms with Crippen LogP contribution in [0.5, 0.6) is 5.75 Å². The molecule has 4 heteroatoms. The molecule has 0 aliphatic heterocycles. The maximum Gasteiger partial charge on any atom is 0.129 e. The van der Waals surface area contributed by atoms with Crippen molar-refractivity contribution in [2.75, 3.05) is 7.11 Å². The van der Waals surface area contributed by atoms with Crippen molar-refractivity contribution in [2.45, 2.75) is 19.2 Å². The molecule has 0 atom stereocenters. The van der Waals surface area contributed by atoms with Crippen LogP contribution in [0.15, 0.2) is 42.5 Å². The number of imidazole rings is 1. The van der Waals surface area contributed by atoms with E-state index in [4.69, 9.17) is 16.3 Å². The van der Waals surface area contributed by atoms with E-state index in [1.54, 1.807) is 7.11 Å². The van der Waals surface area contributed by atoms with Gasteiger partial charge >= 0.3 is 0 Å². The van der Waals surface area contributed by atoms with Crippen LogP contribution >= 0.6 is 11.6 Å². The number of fused-ring (bicyclic) bond motifs is 1. The van der Waals surface area contributed by atoms with E-state index in [1.165, 1.54) is 5.56 Å². The number of methoxy groups -OCH3 is 1. The third-order valence-corrected chi connectivity index (χ3v) is 3.89. The first kappa shape index (κ1) is 14.0. The van der Waals surface area contributed by atoms with Gasteiger partial charge in [0.2, 0.25) is 0 Å². The summed E-state index contributed by atoms with van der Waals surface area (Å²) in [6, 6.07) is 14.4. The van der Waals surface area contributed by atoms with Gasteiger partial charge in [-0.1, -0.05) is 19.1 Å². The highest BCUT2D eigenvalue weighted by Gasteiger charge is 2.12. The lowest BCUT2D eigenvalue weighted by Gasteiger charge is -2.09. The first-order valence-corrected chi connectivity index (χ1v) is 7.51. The fourth-order valence-corrected chi connectivity index (χ4v) is 2.67. The fraction of sp³-hybridized carbons (Fsp3) is 0.235. The normalized spacial score (nSPS) is 11.0. The summed E-state index contributed by atoms with van der Waals surface area (Å²) in [5, 5.41) is 0. The van der Waals surface area contributed by atoms with Gasteiger partial charge in [-0.25, -0.2) is 4.98 Å². The zero-order valence-electron chi connectivity index (χ0n) is 12.1. The first-order valence-electron chi connectivity index (χ1n) is 6.97. The molecule has 0 amide bonds. The minimum absolute atomic E-state index is 0.368. The average molecular weight is 301 g/mol. The van der Waals surface area contributed by atoms with E-state index in [0.29, 0.717) is 5.88 Å². The Balaban J connectivity index is 2.19. The molecule has 3 nitrogen and oxygen atoms in total. The Bertz CT molecular complexity index is 762. The van der Waals surface area contributed by atoms with Crippen molar-refractivity contribution in [3.63, 3.8) is 0 Å². The minimum Gasteiger partial charge on any atom is -0.497 e. The maximum atomic E-state index is 6.07. The van der Waals surface area contributed by atoms with Gasteiger partial charge < -0.3 is 4.74 Å². The smallest absolute Gasteiger partial charge is 0.129 e. The monoisotopic (exact) mass is 300 g/mol. The molecule has 3 aromatic rings. The van der Waals surface area contributed by atoms with Gasteiger partial charge in [-0.2, -0.15) is 0 Å². The van der Waals surface area contributed by atoms with Crippen LogP contribution in [-0.4, -0.2) is 16.7 Å². The third kappa shape index (κ3) is 2.49. The molecule has 0 aliphatic rings. The van der Waals surface area contributed by atoms with Crippen molar-refractivity contribution in [1.82, 2.24) is 9.55 Å². The number of aryl methyl sites for hydroxylation is 1. The van der Waals surface area contributed by atoms with Crippen LogP contribution in [0, 0.1) is 0 Å². The molecule has 2 aromatic carbocycles. The van der Waals surface area contributed by atoms with Crippen LogP contribution in [0.2, 0.25) is 0 Å². The summed E-state index contributed by atoms with van der Waals surface area (Å²) in [5.74, 6) is 2.01. The van der Waals surface area contributed by atoms with Gasteiger partial charge in [-0.05, 0) is 36.2 Å².